The van der Waals surface area contributed by atoms with Gasteiger partial charge in [-0.05, 0) is 12.1 Å². The summed E-state index contributed by atoms with van der Waals surface area (Å²) in [6, 6.07) is 5.68. The molecule has 0 spiro atoms. The van der Waals surface area contributed by atoms with Crippen molar-refractivity contribution in [3.05, 3.63) is 58.6 Å². The van der Waals surface area contributed by atoms with E-state index in [1.54, 1.807) is 0 Å². The first-order valence-corrected chi connectivity index (χ1v) is 4.89. The Balaban J connectivity index is 2.73. The van der Waals surface area contributed by atoms with Crippen molar-refractivity contribution in [1.82, 2.24) is 0 Å². The standard InChI is InChI=1S/C12H4ClF4/c13-8-3-1-2-7(12(8)17)11-9(15)4-6(14)5-10(11)16/h1,3-5H. The fourth-order valence-corrected chi connectivity index (χ4v) is 1.57. The van der Waals surface area contributed by atoms with Crippen molar-refractivity contribution in [3.8, 4) is 11.1 Å². The van der Waals surface area contributed by atoms with Crippen LogP contribution in [0.3, 0.4) is 0 Å². The van der Waals surface area contributed by atoms with E-state index in [9.17, 15) is 17.6 Å². The van der Waals surface area contributed by atoms with Crippen molar-refractivity contribution in [1.29, 1.82) is 0 Å². The first kappa shape index (κ1) is 11.9. The molecule has 0 nitrogen and oxygen atoms in total. The fourth-order valence-electron chi connectivity index (χ4n) is 1.42. The van der Waals surface area contributed by atoms with Gasteiger partial charge in [-0.3, -0.25) is 0 Å². The van der Waals surface area contributed by atoms with Gasteiger partial charge in [0, 0.05) is 17.7 Å². The zero-order chi connectivity index (χ0) is 12.6. The molecule has 0 N–H and O–H groups in total. The van der Waals surface area contributed by atoms with Crippen LogP contribution in [-0.2, 0) is 0 Å². The van der Waals surface area contributed by atoms with Crippen LogP contribution >= 0.6 is 11.6 Å². The van der Waals surface area contributed by atoms with Crippen molar-refractivity contribution in [2.45, 2.75) is 0 Å². The summed E-state index contributed by atoms with van der Waals surface area (Å²) in [6.45, 7) is 0. The second kappa shape index (κ2) is 4.37. The van der Waals surface area contributed by atoms with Gasteiger partial charge in [0.2, 0.25) is 0 Å². The third kappa shape index (κ3) is 2.13. The van der Waals surface area contributed by atoms with E-state index in [1.807, 2.05) is 0 Å². The zero-order valence-corrected chi connectivity index (χ0v) is 8.96. The minimum absolute atomic E-state index is 0.290. The van der Waals surface area contributed by atoms with Gasteiger partial charge >= 0.3 is 0 Å². The maximum atomic E-state index is 13.6. The molecule has 0 aliphatic carbocycles. The Labute approximate surface area is 99.5 Å². The van der Waals surface area contributed by atoms with Crippen LogP contribution in [0.4, 0.5) is 17.6 Å². The Bertz CT molecular complexity index is 558. The van der Waals surface area contributed by atoms with E-state index in [-0.39, 0.29) is 5.02 Å². The summed E-state index contributed by atoms with van der Waals surface area (Å²) < 4.78 is 53.0. The van der Waals surface area contributed by atoms with Crippen LogP contribution in [0.5, 0.6) is 0 Å². The first-order chi connectivity index (χ1) is 8.00. The molecule has 0 amide bonds. The second-order valence-electron chi connectivity index (χ2n) is 3.26. The van der Waals surface area contributed by atoms with Gasteiger partial charge in [0.15, 0.2) is 0 Å². The fraction of sp³-hybridized carbons (Fsp3) is 0. The average molecular weight is 260 g/mol. The van der Waals surface area contributed by atoms with Gasteiger partial charge in [0.25, 0.3) is 0 Å². The van der Waals surface area contributed by atoms with E-state index in [0.29, 0.717) is 12.1 Å². The Morgan fingerprint density at radius 2 is 1.59 bits per heavy atom. The monoisotopic (exact) mass is 259 g/mol. The SMILES string of the molecule is Fc1cc(F)c(-c2[c]ccc(Cl)c2F)c(F)c1. The van der Waals surface area contributed by atoms with Gasteiger partial charge in [-0.15, -0.1) is 0 Å². The minimum atomic E-state index is -1.21. The molecule has 2 rings (SSSR count). The number of rotatable bonds is 1. The van der Waals surface area contributed by atoms with Crippen molar-refractivity contribution in [3.63, 3.8) is 0 Å². The van der Waals surface area contributed by atoms with E-state index in [1.165, 1.54) is 12.1 Å². The normalized spacial score (nSPS) is 10.6. The molecule has 0 unspecified atom stereocenters. The van der Waals surface area contributed by atoms with Crippen LogP contribution in [0, 0.1) is 29.3 Å². The zero-order valence-electron chi connectivity index (χ0n) is 8.20. The van der Waals surface area contributed by atoms with E-state index >= 15 is 0 Å². The first-order valence-electron chi connectivity index (χ1n) is 4.51. The van der Waals surface area contributed by atoms with Crippen molar-refractivity contribution in [2.24, 2.45) is 0 Å². The lowest BCUT2D eigenvalue weighted by atomic mass is 10.0. The van der Waals surface area contributed by atoms with Crippen LogP contribution in [0.2, 0.25) is 5.02 Å². The van der Waals surface area contributed by atoms with Gasteiger partial charge in [-0.2, -0.15) is 0 Å². The van der Waals surface area contributed by atoms with Crippen LogP contribution in [0.15, 0.2) is 24.3 Å². The highest BCUT2D eigenvalue weighted by molar-refractivity contribution is 6.31. The number of hydrogen-bond donors (Lipinski definition) is 0. The summed E-state index contributed by atoms with van der Waals surface area (Å²) in [7, 11) is 0. The largest absolute Gasteiger partial charge is 0.207 e. The van der Waals surface area contributed by atoms with Crippen LogP contribution in [0.1, 0.15) is 0 Å². The molecular weight excluding hydrogens is 256 g/mol. The van der Waals surface area contributed by atoms with Crippen molar-refractivity contribution >= 4 is 11.6 Å². The Hall–Kier alpha value is -1.55. The molecule has 0 heterocycles. The maximum absolute atomic E-state index is 13.6. The molecule has 0 bridgehead atoms. The molecule has 0 aliphatic heterocycles. The van der Waals surface area contributed by atoms with E-state index in [2.05, 4.69) is 6.07 Å². The van der Waals surface area contributed by atoms with Gasteiger partial charge in [-0.25, -0.2) is 17.6 Å². The molecular formula is C12H4ClF4. The number of halogens is 5. The summed E-state index contributed by atoms with van der Waals surface area (Å²) in [5, 5.41) is -0.290. The predicted octanol–water partition coefficient (Wildman–Crippen LogP) is 4.36. The second-order valence-corrected chi connectivity index (χ2v) is 3.67. The number of hydrogen-bond acceptors (Lipinski definition) is 0. The summed E-state index contributed by atoms with van der Waals surface area (Å²) >= 11 is 5.49. The van der Waals surface area contributed by atoms with Gasteiger partial charge in [-0.1, -0.05) is 17.7 Å². The van der Waals surface area contributed by atoms with Crippen LogP contribution < -0.4 is 0 Å². The molecule has 0 aromatic heterocycles. The van der Waals surface area contributed by atoms with Crippen LogP contribution in [-0.4, -0.2) is 0 Å². The lowest BCUT2D eigenvalue weighted by molar-refractivity contribution is 0.545. The molecule has 0 aliphatic rings. The molecule has 5 heteroatoms. The third-order valence-electron chi connectivity index (χ3n) is 2.14. The van der Waals surface area contributed by atoms with Crippen LogP contribution in [0.25, 0.3) is 11.1 Å². The van der Waals surface area contributed by atoms with Gasteiger partial charge in [0.1, 0.15) is 23.3 Å². The van der Waals surface area contributed by atoms with E-state index in [0.717, 1.165) is 0 Å². The molecule has 0 saturated carbocycles. The molecule has 17 heavy (non-hydrogen) atoms. The Morgan fingerprint density at radius 1 is 1.00 bits per heavy atom. The minimum Gasteiger partial charge on any atom is -0.207 e. The molecule has 1 radical (unpaired) electrons. The molecule has 0 atom stereocenters. The van der Waals surface area contributed by atoms with E-state index in [4.69, 9.17) is 11.6 Å². The molecule has 0 saturated heterocycles. The maximum Gasteiger partial charge on any atom is 0.150 e. The smallest absolute Gasteiger partial charge is 0.150 e. The average Bonchev–Trinajstić information content (AvgIpc) is 2.23. The topological polar surface area (TPSA) is 0 Å². The summed E-state index contributed by atoms with van der Waals surface area (Å²) in [5.74, 6) is -4.50. The summed E-state index contributed by atoms with van der Waals surface area (Å²) in [6.07, 6.45) is 0. The highest BCUT2D eigenvalue weighted by Gasteiger charge is 2.18. The Morgan fingerprint density at radius 3 is 2.18 bits per heavy atom. The highest BCUT2D eigenvalue weighted by Crippen LogP contribution is 2.31. The van der Waals surface area contributed by atoms with Gasteiger partial charge < -0.3 is 0 Å². The van der Waals surface area contributed by atoms with Crippen molar-refractivity contribution in [2.75, 3.05) is 0 Å². The summed E-state index contributed by atoms with van der Waals surface area (Å²) in [5.41, 5.74) is -1.15. The molecule has 0 fully saturated rings. The third-order valence-corrected chi connectivity index (χ3v) is 2.44. The lowest BCUT2D eigenvalue weighted by Crippen LogP contribution is -1.95. The quantitative estimate of drug-likeness (QED) is 0.668. The van der Waals surface area contributed by atoms with E-state index < -0.39 is 34.4 Å². The predicted molar refractivity (Wildman–Crippen MR) is 55.6 cm³/mol. The summed E-state index contributed by atoms with van der Waals surface area (Å²) in [4.78, 5) is 0. The molecule has 2 aromatic carbocycles. The van der Waals surface area contributed by atoms with Crippen molar-refractivity contribution < 1.29 is 17.6 Å². The molecule has 2 aromatic rings. The Kier molecular flexibility index (Phi) is 3.07. The highest BCUT2D eigenvalue weighted by atomic mass is 35.5. The molecule has 87 valence electrons. The lowest BCUT2D eigenvalue weighted by Gasteiger charge is -2.07. The van der Waals surface area contributed by atoms with Gasteiger partial charge in [0.05, 0.1) is 10.6 Å². The number of benzene rings is 2.